The number of hydrogen-bond acceptors (Lipinski definition) is 2. The molecule has 2 nitrogen and oxygen atoms in total. The molecule has 0 spiro atoms. The SMILES string of the molecule is CCCCCC(Br)(OC(C)=O)c1ccccc1. The minimum Gasteiger partial charge on any atom is -0.443 e. The van der Waals surface area contributed by atoms with Crippen LogP contribution in [0.1, 0.15) is 45.1 Å². The number of hydrogen-bond donors (Lipinski definition) is 0. The van der Waals surface area contributed by atoms with Crippen molar-refractivity contribution in [3.8, 4) is 0 Å². The van der Waals surface area contributed by atoms with Crippen LogP contribution in [0.25, 0.3) is 0 Å². The largest absolute Gasteiger partial charge is 0.443 e. The van der Waals surface area contributed by atoms with Gasteiger partial charge in [-0.05, 0) is 22.4 Å². The van der Waals surface area contributed by atoms with Gasteiger partial charge in [0.2, 0.25) is 0 Å². The van der Waals surface area contributed by atoms with Gasteiger partial charge in [-0.15, -0.1) is 0 Å². The third kappa shape index (κ3) is 4.50. The average Bonchev–Trinajstić information content (AvgIpc) is 2.29. The van der Waals surface area contributed by atoms with Crippen molar-refractivity contribution >= 4 is 21.9 Å². The van der Waals surface area contributed by atoms with E-state index >= 15 is 0 Å². The zero-order chi connectivity index (χ0) is 12.7. The van der Waals surface area contributed by atoms with Crippen LogP contribution in [0.4, 0.5) is 0 Å². The van der Waals surface area contributed by atoms with Gasteiger partial charge in [-0.3, -0.25) is 4.79 Å². The molecule has 0 N–H and O–H groups in total. The molecule has 0 aliphatic carbocycles. The first kappa shape index (κ1) is 14.2. The Hall–Kier alpha value is -0.830. The zero-order valence-electron chi connectivity index (χ0n) is 10.4. The lowest BCUT2D eigenvalue weighted by Crippen LogP contribution is -2.24. The number of alkyl halides is 1. The van der Waals surface area contributed by atoms with Gasteiger partial charge >= 0.3 is 5.97 Å². The molecule has 0 amide bonds. The zero-order valence-corrected chi connectivity index (χ0v) is 12.0. The van der Waals surface area contributed by atoms with E-state index < -0.39 is 4.51 Å². The van der Waals surface area contributed by atoms with Crippen LogP contribution in [0, 0.1) is 0 Å². The summed E-state index contributed by atoms with van der Waals surface area (Å²) in [6.07, 6.45) is 4.12. The number of unbranched alkanes of at least 4 members (excludes halogenated alkanes) is 2. The molecule has 0 radical (unpaired) electrons. The summed E-state index contributed by atoms with van der Waals surface area (Å²) in [5.74, 6) is -0.262. The molecule has 3 heteroatoms. The van der Waals surface area contributed by atoms with Crippen LogP contribution in [0.5, 0.6) is 0 Å². The molecule has 94 valence electrons. The minimum atomic E-state index is -0.671. The second kappa shape index (κ2) is 6.80. The molecule has 1 atom stereocenters. The van der Waals surface area contributed by atoms with Gasteiger partial charge in [-0.1, -0.05) is 50.1 Å². The fourth-order valence-corrected chi connectivity index (χ4v) is 2.54. The summed E-state index contributed by atoms with van der Waals surface area (Å²) < 4.78 is 4.78. The van der Waals surface area contributed by atoms with Gasteiger partial charge in [-0.25, -0.2) is 0 Å². The van der Waals surface area contributed by atoms with Gasteiger partial charge in [-0.2, -0.15) is 0 Å². The van der Waals surface area contributed by atoms with Gasteiger partial charge in [0, 0.05) is 18.9 Å². The highest BCUT2D eigenvalue weighted by Gasteiger charge is 2.31. The second-order valence-corrected chi connectivity index (χ2v) is 5.43. The van der Waals surface area contributed by atoms with Crippen LogP contribution in [0.3, 0.4) is 0 Å². The number of carbonyl (C=O) groups excluding carboxylic acids is 1. The fourth-order valence-electron chi connectivity index (χ4n) is 1.77. The Morgan fingerprint density at radius 2 is 1.94 bits per heavy atom. The number of esters is 1. The first-order valence-electron chi connectivity index (χ1n) is 6.02. The molecule has 0 aromatic heterocycles. The van der Waals surface area contributed by atoms with Crippen LogP contribution >= 0.6 is 15.9 Å². The van der Waals surface area contributed by atoms with E-state index in [0.29, 0.717) is 0 Å². The summed E-state index contributed by atoms with van der Waals surface area (Å²) in [4.78, 5) is 11.2. The lowest BCUT2D eigenvalue weighted by molar-refractivity contribution is -0.149. The molecular formula is C14H19BrO2. The Balaban J connectivity index is 2.81. The Kier molecular flexibility index (Phi) is 5.69. The number of rotatable bonds is 6. The molecule has 0 bridgehead atoms. The average molecular weight is 299 g/mol. The van der Waals surface area contributed by atoms with E-state index in [0.717, 1.165) is 31.2 Å². The third-order valence-corrected chi connectivity index (χ3v) is 3.63. The summed E-state index contributed by atoms with van der Waals surface area (Å²) >= 11 is 3.58. The highest BCUT2D eigenvalue weighted by atomic mass is 79.9. The maximum Gasteiger partial charge on any atom is 0.304 e. The molecule has 0 heterocycles. The molecule has 0 saturated carbocycles. The number of benzene rings is 1. The van der Waals surface area contributed by atoms with E-state index in [2.05, 4.69) is 22.9 Å². The fraction of sp³-hybridized carbons (Fsp3) is 0.500. The van der Waals surface area contributed by atoms with Crippen LogP contribution < -0.4 is 0 Å². The van der Waals surface area contributed by atoms with Gasteiger partial charge in [0.15, 0.2) is 4.51 Å². The maximum absolute atomic E-state index is 11.2. The molecular weight excluding hydrogens is 280 g/mol. The van der Waals surface area contributed by atoms with E-state index in [1.807, 2.05) is 30.3 Å². The predicted molar refractivity (Wildman–Crippen MR) is 73.0 cm³/mol. The second-order valence-electron chi connectivity index (χ2n) is 4.15. The smallest absolute Gasteiger partial charge is 0.304 e. The number of halogens is 1. The summed E-state index contributed by atoms with van der Waals surface area (Å²) in [7, 11) is 0. The van der Waals surface area contributed by atoms with Crippen molar-refractivity contribution in [2.45, 2.75) is 44.0 Å². The topological polar surface area (TPSA) is 26.3 Å². The molecule has 1 unspecified atom stereocenters. The monoisotopic (exact) mass is 298 g/mol. The Morgan fingerprint density at radius 1 is 1.29 bits per heavy atom. The predicted octanol–water partition coefficient (Wildman–Crippen LogP) is 4.38. The third-order valence-electron chi connectivity index (χ3n) is 2.61. The van der Waals surface area contributed by atoms with Crippen molar-refractivity contribution in [1.29, 1.82) is 0 Å². The van der Waals surface area contributed by atoms with Crippen LogP contribution in [0.15, 0.2) is 30.3 Å². The quantitative estimate of drug-likeness (QED) is 0.443. The summed E-state index contributed by atoms with van der Waals surface area (Å²) in [6.45, 7) is 3.60. The van der Waals surface area contributed by atoms with Crippen molar-refractivity contribution < 1.29 is 9.53 Å². The minimum absolute atomic E-state index is 0.262. The first-order chi connectivity index (χ1) is 8.08. The Morgan fingerprint density at radius 3 is 2.47 bits per heavy atom. The number of carbonyl (C=O) groups is 1. The molecule has 0 saturated heterocycles. The van der Waals surface area contributed by atoms with Crippen molar-refractivity contribution in [2.75, 3.05) is 0 Å². The van der Waals surface area contributed by atoms with E-state index in [9.17, 15) is 4.79 Å². The van der Waals surface area contributed by atoms with Gasteiger partial charge in [0.1, 0.15) is 0 Å². The number of ether oxygens (including phenoxy) is 1. The normalized spacial score (nSPS) is 14.1. The van der Waals surface area contributed by atoms with Crippen LogP contribution in [0.2, 0.25) is 0 Å². The highest BCUT2D eigenvalue weighted by Crippen LogP contribution is 2.38. The van der Waals surface area contributed by atoms with E-state index in [1.54, 1.807) is 0 Å². The van der Waals surface area contributed by atoms with Crippen molar-refractivity contribution in [3.05, 3.63) is 35.9 Å². The summed E-state index contributed by atoms with van der Waals surface area (Å²) in [6, 6.07) is 9.81. The molecule has 1 rings (SSSR count). The lowest BCUT2D eigenvalue weighted by atomic mass is 10.0. The molecule has 17 heavy (non-hydrogen) atoms. The van der Waals surface area contributed by atoms with Crippen molar-refractivity contribution in [3.63, 3.8) is 0 Å². The molecule has 0 fully saturated rings. The van der Waals surface area contributed by atoms with Crippen LogP contribution in [-0.2, 0) is 14.0 Å². The molecule has 0 aliphatic heterocycles. The van der Waals surface area contributed by atoms with E-state index in [4.69, 9.17) is 4.74 Å². The van der Waals surface area contributed by atoms with Gasteiger partial charge in [0.25, 0.3) is 0 Å². The maximum atomic E-state index is 11.2. The standard InChI is InChI=1S/C14H19BrO2/c1-3-4-8-11-14(15,17-12(2)16)13-9-6-5-7-10-13/h5-7,9-10H,3-4,8,11H2,1-2H3. The lowest BCUT2D eigenvalue weighted by Gasteiger charge is -2.27. The van der Waals surface area contributed by atoms with Crippen molar-refractivity contribution in [2.24, 2.45) is 0 Å². The van der Waals surface area contributed by atoms with E-state index in [-0.39, 0.29) is 5.97 Å². The Labute approximate surface area is 111 Å². The van der Waals surface area contributed by atoms with Gasteiger partial charge in [0.05, 0.1) is 0 Å². The molecule has 1 aromatic rings. The first-order valence-corrected chi connectivity index (χ1v) is 6.82. The van der Waals surface area contributed by atoms with Gasteiger partial charge < -0.3 is 4.74 Å². The Bertz CT molecular complexity index is 350. The summed E-state index contributed by atoms with van der Waals surface area (Å²) in [5, 5.41) is 0. The van der Waals surface area contributed by atoms with Crippen LogP contribution in [-0.4, -0.2) is 5.97 Å². The summed E-state index contributed by atoms with van der Waals surface area (Å²) in [5.41, 5.74) is 0.992. The van der Waals surface area contributed by atoms with Crippen molar-refractivity contribution in [1.82, 2.24) is 0 Å². The molecule has 1 aromatic carbocycles. The molecule has 0 aliphatic rings. The highest BCUT2D eigenvalue weighted by molar-refractivity contribution is 9.09. The van der Waals surface area contributed by atoms with E-state index in [1.165, 1.54) is 6.92 Å².